The van der Waals surface area contributed by atoms with Crippen molar-refractivity contribution in [2.45, 2.75) is 26.8 Å². The summed E-state index contributed by atoms with van der Waals surface area (Å²) >= 11 is 0. The van der Waals surface area contributed by atoms with Crippen LogP contribution < -0.4 is 5.73 Å². The SMILES string of the molecule is Cc1cc([C@@H](N)C(C)C)ccc1F. The van der Waals surface area contributed by atoms with Crippen LogP contribution in [0.3, 0.4) is 0 Å². The van der Waals surface area contributed by atoms with Gasteiger partial charge in [0.1, 0.15) is 5.82 Å². The lowest BCUT2D eigenvalue weighted by atomic mass is 9.96. The molecule has 0 aliphatic rings. The first kappa shape index (κ1) is 10.2. The fraction of sp³-hybridized carbons (Fsp3) is 0.455. The van der Waals surface area contributed by atoms with Crippen LogP contribution in [-0.2, 0) is 0 Å². The lowest BCUT2D eigenvalue weighted by molar-refractivity contribution is 0.512. The summed E-state index contributed by atoms with van der Waals surface area (Å²) in [6, 6.07) is 5.05. The lowest BCUT2D eigenvalue weighted by Crippen LogP contribution is -2.16. The van der Waals surface area contributed by atoms with Crippen molar-refractivity contribution >= 4 is 0 Å². The van der Waals surface area contributed by atoms with Gasteiger partial charge in [-0.05, 0) is 30.0 Å². The van der Waals surface area contributed by atoms with E-state index in [0.29, 0.717) is 11.5 Å². The molecule has 0 amide bonds. The number of rotatable bonds is 2. The third-order valence-electron chi connectivity index (χ3n) is 2.29. The summed E-state index contributed by atoms with van der Waals surface area (Å²) in [5, 5.41) is 0. The van der Waals surface area contributed by atoms with E-state index < -0.39 is 0 Å². The first-order valence-electron chi connectivity index (χ1n) is 4.54. The van der Waals surface area contributed by atoms with Gasteiger partial charge in [-0.2, -0.15) is 0 Å². The fourth-order valence-electron chi connectivity index (χ4n) is 1.26. The molecule has 0 radical (unpaired) electrons. The highest BCUT2D eigenvalue weighted by atomic mass is 19.1. The molecule has 1 nitrogen and oxygen atoms in total. The second-order valence-electron chi connectivity index (χ2n) is 3.78. The number of hydrogen-bond acceptors (Lipinski definition) is 1. The van der Waals surface area contributed by atoms with Crippen LogP contribution in [0.1, 0.15) is 31.0 Å². The maximum absolute atomic E-state index is 12.9. The molecule has 0 fully saturated rings. The zero-order chi connectivity index (χ0) is 10.0. The van der Waals surface area contributed by atoms with Crippen LogP contribution in [0.5, 0.6) is 0 Å². The summed E-state index contributed by atoms with van der Waals surface area (Å²) in [5.74, 6) is 0.213. The van der Waals surface area contributed by atoms with E-state index in [9.17, 15) is 4.39 Å². The summed E-state index contributed by atoms with van der Waals surface area (Å²) in [6.45, 7) is 5.87. The molecule has 0 bridgehead atoms. The van der Waals surface area contributed by atoms with Crippen LogP contribution in [-0.4, -0.2) is 0 Å². The molecular formula is C11H16FN. The summed E-state index contributed by atoms with van der Waals surface area (Å²) in [4.78, 5) is 0. The average Bonchev–Trinajstić information content (AvgIpc) is 2.08. The number of hydrogen-bond donors (Lipinski definition) is 1. The van der Waals surface area contributed by atoms with E-state index >= 15 is 0 Å². The number of aryl methyl sites for hydroxylation is 1. The summed E-state index contributed by atoms with van der Waals surface area (Å²) in [5.41, 5.74) is 7.60. The van der Waals surface area contributed by atoms with E-state index in [1.807, 2.05) is 6.07 Å². The maximum atomic E-state index is 12.9. The quantitative estimate of drug-likeness (QED) is 0.746. The molecule has 0 heterocycles. The second-order valence-corrected chi connectivity index (χ2v) is 3.78. The Morgan fingerprint density at radius 2 is 1.92 bits per heavy atom. The molecule has 0 aromatic heterocycles. The van der Waals surface area contributed by atoms with E-state index in [2.05, 4.69) is 13.8 Å². The minimum atomic E-state index is -0.167. The highest BCUT2D eigenvalue weighted by molar-refractivity contribution is 5.26. The van der Waals surface area contributed by atoms with Gasteiger partial charge in [0.15, 0.2) is 0 Å². The zero-order valence-corrected chi connectivity index (χ0v) is 8.34. The van der Waals surface area contributed by atoms with Crippen molar-refractivity contribution < 1.29 is 4.39 Å². The first-order chi connectivity index (χ1) is 6.02. The Morgan fingerprint density at radius 3 is 2.38 bits per heavy atom. The van der Waals surface area contributed by atoms with Crippen LogP contribution in [0.4, 0.5) is 4.39 Å². The van der Waals surface area contributed by atoms with Crippen LogP contribution in [0.15, 0.2) is 18.2 Å². The number of benzene rings is 1. The van der Waals surface area contributed by atoms with E-state index in [0.717, 1.165) is 5.56 Å². The van der Waals surface area contributed by atoms with Gasteiger partial charge in [0, 0.05) is 6.04 Å². The van der Waals surface area contributed by atoms with E-state index in [1.54, 1.807) is 13.0 Å². The van der Waals surface area contributed by atoms with Gasteiger partial charge < -0.3 is 5.73 Å². The Kier molecular flexibility index (Phi) is 3.04. The maximum Gasteiger partial charge on any atom is 0.126 e. The van der Waals surface area contributed by atoms with Gasteiger partial charge in [-0.3, -0.25) is 0 Å². The molecule has 2 heteroatoms. The number of halogens is 1. The van der Waals surface area contributed by atoms with E-state index in [1.165, 1.54) is 6.07 Å². The van der Waals surface area contributed by atoms with Crippen molar-refractivity contribution in [3.8, 4) is 0 Å². The van der Waals surface area contributed by atoms with Crippen LogP contribution in [0, 0.1) is 18.7 Å². The Hall–Kier alpha value is -0.890. The Morgan fingerprint density at radius 1 is 1.31 bits per heavy atom. The van der Waals surface area contributed by atoms with Crippen molar-refractivity contribution in [3.05, 3.63) is 35.1 Å². The molecule has 72 valence electrons. The summed E-state index contributed by atoms with van der Waals surface area (Å²) in [6.07, 6.45) is 0. The number of nitrogens with two attached hydrogens (primary N) is 1. The monoisotopic (exact) mass is 181 g/mol. The molecule has 0 spiro atoms. The van der Waals surface area contributed by atoms with Gasteiger partial charge in [-0.25, -0.2) is 4.39 Å². The Labute approximate surface area is 78.8 Å². The van der Waals surface area contributed by atoms with E-state index in [4.69, 9.17) is 5.73 Å². The standard InChI is InChI=1S/C11H16FN/c1-7(2)11(13)9-4-5-10(12)8(3)6-9/h4-7,11H,13H2,1-3H3/t11-/m0/s1. The minimum Gasteiger partial charge on any atom is -0.324 e. The van der Waals surface area contributed by atoms with E-state index in [-0.39, 0.29) is 11.9 Å². The van der Waals surface area contributed by atoms with Gasteiger partial charge >= 0.3 is 0 Å². The van der Waals surface area contributed by atoms with Crippen LogP contribution in [0.25, 0.3) is 0 Å². The summed E-state index contributed by atoms with van der Waals surface area (Å²) < 4.78 is 12.9. The molecule has 1 atom stereocenters. The minimum absolute atomic E-state index is 0.000648. The normalized spacial score (nSPS) is 13.4. The van der Waals surface area contributed by atoms with Crippen molar-refractivity contribution in [2.75, 3.05) is 0 Å². The van der Waals surface area contributed by atoms with Gasteiger partial charge in [0.05, 0.1) is 0 Å². The highest BCUT2D eigenvalue weighted by Crippen LogP contribution is 2.20. The largest absolute Gasteiger partial charge is 0.324 e. The molecule has 0 saturated heterocycles. The molecule has 0 aliphatic carbocycles. The molecular weight excluding hydrogens is 165 g/mol. The smallest absolute Gasteiger partial charge is 0.126 e. The third kappa shape index (κ3) is 2.28. The van der Waals surface area contributed by atoms with Gasteiger partial charge in [-0.15, -0.1) is 0 Å². The molecule has 0 aliphatic heterocycles. The highest BCUT2D eigenvalue weighted by Gasteiger charge is 2.10. The predicted octanol–water partition coefficient (Wildman–Crippen LogP) is 2.79. The first-order valence-corrected chi connectivity index (χ1v) is 4.54. The second kappa shape index (κ2) is 3.88. The zero-order valence-electron chi connectivity index (χ0n) is 8.34. The molecule has 0 unspecified atom stereocenters. The van der Waals surface area contributed by atoms with Gasteiger partial charge in [0.2, 0.25) is 0 Å². The molecule has 1 rings (SSSR count). The van der Waals surface area contributed by atoms with Gasteiger partial charge in [0.25, 0.3) is 0 Å². The van der Waals surface area contributed by atoms with Crippen molar-refractivity contribution in [1.82, 2.24) is 0 Å². The summed E-state index contributed by atoms with van der Waals surface area (Å²) in [7, 11) is 0. The van der Waals surface area contributed by atoms with Crippen molar-refractivity contribution in [1.29, 1.82) is 0 Å². The fourth-order valence-corrected chi connectivity index (χ4v) is 1.26. The van der Waals surface area contributed by atoms with Crippen LogP contribution >= 0.6 is 0 Å². The Bertz CT molecular complexity index is 294. The van der Waals surface area contributed by atoms with Crippen molar-refractivity contribution in [3.63, 3.8) is 0 Å². The molecule has 13 heavy (non-hydrogen) atoms. The topological polar surface area (TPSA) is 26.0 Å². The van der Waals surface area contributed by atoms with Crippen LogP contribution in [0.2, 0.25) is 0 Å². The average molecular weight is 181 g/mol. The lowest BCUT2D eigenvalue weighted by Gasteiger charge is -2.16. The Balaban J connectivity index is 2.97. The molecule has 1 aromatic carbocycles. The molecule has 1 aromatic rings. The molecule has 2 N–H and O–H groups in total. The molecule has 0 saturated carbocycles. The third-order valence-corrected chi connectivity index (χ3v) is 2.29. The van der Waals surface area contributed by atoms with Crippen molar-refractivity contribution in [2.24, 2.45) is 11.7 Å². The predicted molar refractivity (Wildman–Crippen MR) is 52.9 cm³/mol. The van der Waals surface area contributed by atoms with Gasteiger partial charge in [-0.1, -0.05) is 26.0 Å².